The van der Waals surface area contributed by atoms with Crippen molar-refractivity contribution < 1.29 is 4.39 Å². The van der Waals surface area contributed by atoms with Gasteiger partial charge in [-0.15, -0.1) is 0 Å². The van der Waals surface area contributed by atoms with Crippen LogP contribution in [0.4, 0.5) is 4.39 Å². The first kappa shape index (κ1) is 16.9. The molecule has 0 saturated carbocycles. The molecule has 2 rings (SSSR count). The van der Waals surface area contributed by atoms with Crippen molar-refractivity contribution in [3.8, 4) is 0 Å². The van der Waals surface area contributed by atoms with Gasteiger partial charge in [0, 0.05) is 15.5 Å². The maximum atomic E-state index is 13.3. The van der Waals surface area contributed by atoms with Crippen molar-refractivity contribution in [3.05, 3.63) is 67.3 Å². The van der Waals surface area contributed by atoms with E-state index in [1.54, 1.807) is 0 Å². The highest BCUT2D eigenvalue weighted by molar-refractivity contribution is 9.10. The van der Waals surface area contributed by atoms with Crippen LogP contribution in [0.3, 0.4) is 0 Å². The van der Waals surface area contributed by atoms with Gasteiger partial charge >= 0.3 is 0 Å². The van der Waals surface area contributed by atoms with Crippen LogP contribution in [0.2, 0.25) is 5.02 Å². The maximum Gasteiger partial charge on any atom is 0.137 e. The van der Waals surface area contributed by atoms with Crippen molar-refractivity contribution in [1.29, 1.82) is 0 Å². The fourth-order valence-electron chi connectivity index (χ4n) is 2.22. The highest BCUT2D eigenvalue weighted by Crippen LogP contribution is 2.29. The second kappa shape index (κ2) is 7.73. The number of rotatable bonds is 5. The van der Waals surface area contributed by atoms with E-state index in [0.717, 1.165) is 28.6 Å². The minimum absolute atomic E-state index is 0.112. The first-order valence-corrected chi connectivity index (χ1v) is 8.60. The van der Waals surface area contributed by atoms with Gasteiger partial charge in [0.2, 0.25) is 0 Å². The van der Waals surface area contributed by atoms with E-state index < -0.39 is 0 Å². The van der Waals surface area contributed by atoms with Gasteiger partial charge in [0.15, 0.2) is 0 Å². The number of hydrogen-bond acceptors (Lipinski definition) is 1. The lowest BCUT2D eigenvalue weighted by atomic mass is 9.99. The highest BCUT2D eigenvalue weighted by atomic mass is 79.9. The fourth-order valence-corrected chi connectivity index (χ4v) is 3.35. The molecule has 0 bridgehead atoms. The molecule has 5 heteroatoms. The Morgan fingerprint density at radius 1 is 1.14 bits per heavy atom. The molecule has 0 aliphatic rings. The van der Waals surface area contributed by atoms with Gasteiger partial charge < -0.3 is 5.32 Å². The minimum Gasteiger partial charge on any atom is -0.310 e. The molecule has 112 valence electrons. The van der Waals surface area contributed by atoms with E-state index in [2.05, 4.69) is 44.1 Å². The lowest BCUT2D eigenvalue weighted by molar-refractivity contribution is 0.546. The summed E-state index contributed by atoms with van der Waals surface area (Å²) in [6.45, 7) is 2.90. The zero-order valence-electron chi connectivity index (χ0n) is 11.5. The Bertz CT molecular complexity index is 634. The Balaban J connectivity index is 2.30. The molecular weight excluding hydrogens is 420 g/mol. The average molecular weight is 436 g/mol. The number of nitrogens with one attached hydrogen (secondary N) is 1. The molecule has 0 saturated heterocycles. The van der Waals surface area contributed by atoms with Crippen LogP contribution < -0.4 is 5.32 Å². The molecule has 0 aliphatic carbocycles. The van der Waals surface area contributed by atoms with Crippen molar-refractivity contribution >= 4 is 43.5 Å². The summed E-state index contributed by atoms with van der Waals surface area (Å²) in [6, 6.07) is 11.0. The van der Waals surface area contributed by atoms with E-state index in [-0.39, 0.29) is 11.9 Å². The molecule has 2 aromatic carbocycles. The Labute approximate surface area is 146 Å². The SMILES string of the molecule is CCNC(Cc1ccc(F)c(Br)c1)c1cc(Cl)ccc1Br. The third-order valence-electron chi connectivity index (χ3n) is 3.21. The van der Waals surface area contributed by atoms with Gasteiger partial charge in [0.25, 0.3) is 0 Å². The van der Waals surface area contributed by atoms with Crippen LogP contribution in [0.15, 0.2) is 45.3 Å². The van der Waals surface area contributed by atoms with Gasteiger partial charge in [-0.1, -0.05) is 40.5 Å². The first-order valence-electron chi connectivity index (χ1n) is 6.63. The van der Waals surface area contributed by atoms with E-state index >= 15 is 0 Å². The van der Waals surface area contributed by atoms with E-state index in [4.69, 9.17) is 11.6 Å². The van der Waals surface area contributed by atoms with E-state index in [1.807, 2.05) is 30.3 Å². The van der Waals surface area contributed by atoms with Crippen LogP contribution >= 0.6 is 43.5 Å². The molecule has 1 atom stereocenters. The molecule has 1 N–H and O–H groups in total. The molecule has 2 aromatic rings. The van der Waals surface area contributed by atoms with Crippen LogP contribution in [-0.4, -0.2) is 6.54 Å². The van der Waals surface area contributed by atoms with Crippen LogP contribution in [0.5, 0.6) is 0 Å². The molecule has 0 aliphatic heterocycles. The quantitative estimate of drug-likeness (QED) is 0.617. The summed E-state index contributed by atoms with van der Waals surface area (Å²) < 4.78 is 14.8. The van der Waals surface area contributed by atoms with Gasteiger partial charge in [-0.05, 0) is 70.4 Å². The fraction of sp³-hybridized carbons (Fsp3) is 0.250. The largest absolute Gasteiger partial charge is 0.310 e. The van der Waals surface area contributed by atoms with Crippen molar-refractivity contribution in [2.75, 3.05) is 6.54 Å². The lowest BCUT2D eigenvalue weighted by Crippen LogP contribution is -2.23. The van der Waals surface area contributed by atoms with Gasteiger partial charge in [-0.3, -0.25) is 0 Å². The third kappa shape index (κ3) is 4.52. The molecule has 0 aromatic heterocycles. The molecule has 0 amide bonds. The maximum absolute atomic E-state index is 13.3. The average Bonchev–Trinajstić information content (AvgIpc) is 2.45. The Morgan fingerprint density at radius 2 is 1.90 bits per heavy atom. The standard InChI is InChI=1S/C16H15Br2ClFN/c1-2-21-16(12-9-11(19)4-5-13(12)17)8-10-3-6-15(20)14(18)7-10/h3-7,9,16,21H,2,8H2,1H3. The topological polar surface area (TPSA) is 12.0 Å². The Kier molecular flexibility index (Phi) is 6.23. The summed E-state index contributed by atoms with van der Waals surface area (Å²) in [6.07, 6.45) is 0.756. The second-order valence-electron chi connectivity index (χ2n) is 4.73. The predicted octanol–water partition coefficient (Wildman–Crippen LogP) is 5.90. The van der Waals surface area contributed by atoms with E-state index in [9.17, 15) is 4.39 Å². The molecular formula is C16H15Br2ClFN. The number of hydrogen-bond donors (Lipinski definition) is 1. The molecule has 0 heterocycles. The normalized spacial score (nSPS) is 12.4. The summed E-state index contributed by atoms with van der Waals surface area (Å²) in [5.41, 5.74) is 2.16. The van der Waals surface area contributed by atoms with Gasteiger partial charge in [-0.25, -0.2) is 4.39 Å². The van der Waals surface area contributed by atoms with Gasteiger partial charge in [-0.2, -0.15) is 0 Å². The van der Waals surface area contributed by atoms with Gasteiger partial charge in [0.1, 0.15) is 5.82 Å². The molecule has 0 radical (unpaired) electrons. The zero-order chi connectivity index (χ0) is 15.4. The van der Waals surface area contributed by atoms with Crippen LogP contribution in [0, 0.1) is 5.82 Å². The third-order valence-corrected chi connectivity index (χ3v) is 4.77. The van der Waals surface area contributed by atoms with Crippen molar-refractivity contribution in [2.24, 2.45) is 0 Å². The number of halogens is 4. The summed E-state index contributed by atoms with van der Waals surface area (Å²) in [4.78, 5) is 0. The monoisotopic (exact) mass is 433 g/mol. The molecule has 0 fully saturated rings. The van der Waals surface area contributed by atoms with Crippen molar-refractivity contribution in [2.45, 2.75) is 19.4 Å². The Hall–Kier alpha value is -0.420. The van der Waals surface area contributed by atoms with Crippen molar-refractivity contribution in [1.82, 2.24) is 5.32 Å². The molecule has 1 unspecified atom stereocenters. The van der Waals surface area contributed by atoms with Crippen LogP contribution in [0.1, 0.15) is 24.1 Å². The van der Waals surface area contributed by atoms with Gasteiger partial charge in [0.05, 0.1) is 4.47 Å². The smallest absolute Gasteiger partial charge is 0.137 e. The van der Waals surface area contributed by atoms with Crippen molar-refractivity contribution in [3.63, 3.8) is 0 Å². The number of likely N-dealkylation sites (N-methyl/N-ethyl adjacent to an activating group) is 1. The summed E-state index contributed by atoms with van der Waals surface area (Å²) in [5, 5.41) is 4.16. The zero-order valence-corrected chi connectivity index (χ0v) is 15.4. The summed E-state index contributed by atoms with van der Waals surface area (Å²) >= 11 is 12.9. The highest BCUT2D eigenvalue weighted by Gasteiger charge is 2.15. The summed E-state index contributed by atoms with van der Waals surface area (Å²) in [7, 11) is 0. The summed E-state index contributed by atoms with van der Waals surface area (Å²) in [5.74, 6) is -0.248. The predicted molar refractivity (Wildman–Crippen MR) is 93.4 cm³/mol. The van der Waals surface area contributed by atoms with Crippen LogP contribution in [-0.2, 0) is 6.42 Å². The minimum atomic E-state index is -0.248. The first-order chi connectivity index (χ1) is 10.0. The van der Waals surface area contributed by atoms with E-state index in [1.165, 1.54) is 6.07 Å². The van der Waals surface area contributed by atoms with E-state index in [0.29, 0.717) is 9.50 Å². The number of benzene rings is 2. The molecule has 0 spiro atoms. The molecule has 1 nitrogen and oxygen atoms in total. The lowest BCUT2D eigenvalue weighted by Gasteiger charge is -2.20. The molecule has 21 heavy (non-hydrogen) atoms. The second-order valence-corrected chi connectivity index (χ2v) is 6.87. The Morgan fingerprint density at radius 3 is 2.57 bits per heavy atom. The van der Waals surface area contributed by atoms with Crippen LogP contribution in [0.25, 0.3) is 0 Å².